The van der Waals surface area contributed by atoms with Crippen LogP contribution in [0, 0.1) is 11.8 Å². The van der Waals surface area contributed by atoms with Gasteiger partial charge in [-0.2, -0.15) is 0 Å². The fourth-order valence-electron chi connectivity index (χ4n) is 2.85. The standard InChI is InChI=1S/C14H29NOS/c1-11(2)13-7-5-6-8-14(13)15-10-9-12(3)17(4)16/h11-15H,5-10H2,1-4H3. The molecule has 3 heteroatoms. The molecule has 0 saturated heterocycles. The van der Waals surface area contributed by atoms with Crippen molar-refractivity contribution in [1.82, 2.24) is 5.32 Å². The van der Waals surface area contributed by atoms with Crippen molar-refractivity contribution >= 4 is 10.8 Å². The van der Waals surface area contributed by atoms with Crippen molar-refractivity contribution in [3.05, 3.63) is 0 Å². The molecule has 1 aliphatic carbocycles. The molecule has 0 aliphatic heterocycles. The van der Waals surface area contributed by atoms with Gasteiger partial charge in [-0.15, -0.1) is 0 Å². The second-order valence-electron chi connectivity index (χ2n) is 5.85. The molecule has 1 aliphatic rings. The Labute approximate surface area is 109 Å². The molecule has 1 saturated carbocycles. The van der Waals surface area contributed by atoms with Gasteiger partial charge in [0.05, 0.1) is 0 Å². The molecule has 2 nitrogen and oxygen atoms in total. The number of hydrogen-bond acceptors (Lipinski definition) is 2. The summed E-state index contributed by atoms with van der Waals surface area (Å²) in [6.45, 7) is 7.79. The first-order chi connectivity index (χ1) is 8.02. The van der Waals surface area contributed by atoms with Crippen LogP contribution in [-0.2, 0) is 10.8 Å². The van der Waals surface area contributed by atoms with Gasteiger partial charge in [0.25, 0.3) is 0 Å². The van der Waals surface area contributed by atoms with E-state index in [4.69, 9.17) is 0 Å². The molecule has 4 atom stereocenters. The minimum Gasteiger partial charge on any atom is -0.314 e. The summed E-state index contributed by atoms with van der Waals surface area (Å²) < 4.78 is 11.3. The number of nitrogens with one attached hydrogen (secondary N) is 1. The van der Waals surface area contributed by atoms with Gasteiger partial charge in [-0.05, 0) is 37.6 Å². The van der Waals surface area contributed by atoms with Crippen molar-refractivity contribution < 1.29 is 4.21 Å². The summed E-state index contributed by atoms with van der Waals surface area (Å²) in [5, 5.41) is 4.03. The first-order valence-electron chi connectivity index (χ1n) is 7.08. The lowest BCUT2D eigenvalue weighted by atomic mass is 9.78. The maximum absolute atomic E-state index is 11.3. The van der Waals surface area contributed by atoms with Gasteiger partial charge in [0, 0.05) is 28.3 Å². The Bertz CT molecular complexity index is 242. The number of rotatable bonds is 6. The third-order valence-electron chi connectivity index (χ3n) is 4.20. The van der Waals surface area contributed by atoms with Crippen LogP contribution in [0.4, 0.5) is 0 Å². The summed E-state index contributed by atoms with van der Waals surface area (Å²) in [4.78, 5) is 0. The second-order valence-corrected chi connectivity index (χ2v) is 7.65. The topological polar surface area (TPSA) is 29.1 Å². The highest BCUT2D eigenvalue weighted by atomic mass is 32.2. The minimum atomic E-state index is -0.674. The normalized spacial score (nSPS) is 29.2. The largest absolute Gasteiger partial charge is 0.314 e. The van der Waals surface area contributed by atoms with Crippen molar-refractivity contribution in [3.8, 4) is 0 Å². The van der Waals surface area contributed by atoms with Gasteiger partial charge in [-0.1, -0.05) is 33.6 Å². The monoisotopic (exact) mass is 259 g/mol. The van der Waals surface area contributed by atoms with E-state index < -0.39 is 10.8 Å². The van der Waals surface area contributed by atoms with Crippen molar-refractivity contribution in [2.24, 2.45) is 11.8 Å². The van der Waals surface area contributed by atoms with Crippen LogP contribution in [0.5, 0.6) is 0 Å². The van der Waals surface area contributed by atoms with Crippen molar-refractivity contribution in [2.45, 2.75) is 64.2 Å². The molecule has 0 aromatic carbocycles. The van der Waals surface area contributed by atoms with Gasteiger partial charge < -0.3 is 5.32 Å². The maximum atomic E-state index is 11.3. The molecular formula is C14H29NOS. The van der Waals surface area contributed by atoms with Gasteiger partial charge in [-0.25, -0.2) is 0 Å². The molecular weight excluding hydrogens is 230 g/mol. The summed E-state index contributed by atoms with van der Waals surface area (Å²) in [6.07, 6.45) is 8.32. The second kappa shape index (κ2) is 7.52. The molecule has 1 N–H and O–H groups in total. The molecule has 0 heterocycles. The van der Waals surface area contributed by atoms with Crippen LogP contribution in [0.3, 0.4) is 0 Å². The third kappa shape index (κ3) is 5.09. The lowest BCUT2D eigenvalue weighted by molar-refractivity contribution is 0.206. The lowest BCUT2D eigenvalue weighted by Gasteiger charge is -2.35. The van der Waals surface area contributed by atoms with E-state index in [9.17, 15) is 4.21 Å². The lowest BCUT2D eigenvalue weighted by Crippen LogP contribution is -2.41. The minimum absolute atomic E-state index is 0.323. The molecule has 0 spiro atoms. The summed E-state index contributed by atoms with van der Waals surface area (Å²) in [5.41, 5.74) is 0. The molecule has 1 rings (SSSR count). The Hall–Kier alpha value is 0.110. The zero-order chi connectivity index (χ0) is 12.8. The highest BCUT2D eigenvalue weighted by Gasteiger charge is 2.26. The zero-order valence-electron chi connectivity index (χ0n) is 11.9. The Morgan fingerprint density at radius 2 is 1.88 bits per heavy atom. The van der Waals surface area contributed by atoms with Gasteiger partial charge in [0.15, 0.2) is 0 Å². The molecule has 0 amide bonds. The summed E-state index contributed by atoms with van der Waals surface area (Å²) in [5.74, 6) is 1.62. The van der Waals surface area contributed by atoms with Gasteiger partial charge >= 0.3 is 0 Å². The predicted octanol–water partition coefficient (Wildman–Crippen LogP) is 2.95. The molecule has 102 valence electrons. The van der Waals surface area contributed by atoms with Crippen LogP contribution < -0.4 is 5.32 Å². The van der Waals surface area contributed by atoms with Crippen LogP contribution in [0.15, 0.2) is 0 Å². The SMILES string of the molecule is CC(C)C1CCCCC1NCCC(C)S(C)=O. The summed E-state index contributed by atoms with van der Waals surface area (Å²) in [6, 6.07) is 0.696. The summed E-state index contributed by atoms with van der Waals surface area (Å²) in [7, 11) is -0.674. The van der Waals surface area contributed by atoms with Crippen molar-refractivity contribution in [2.75, 3.05) is 12.8 Å². The van der Waals surface area contributed by atoms with E-state index in [1.807, 2.05) is 6.26 Å². The quantitative estimate of drug-likeness (QED) is 0.794. The Kier molecular flexibility index (Phi) is 6.71. The van der Waals surface area contributed by atoms with Crippen LogP contribution in [0.1, 0.15) is 52.9 Å². The fraction of sp³-hybridized carbons (Fsp3) is 1.00. The van der Waals surface area contributed by atoms with Crippen LogP contribution >= 0.6 is 0 Å². The average Bonchev–Trinajstić information content (AvgIpc) is 2.29. The van der Waals surface area contributed by atoms with Gasteiger partial charge in [-0.3, -0.25) is 4.21 Å². The number of hydrogen-bond donors (Lipinski definition) is 1. The van der Waals surface area contributed by atoms with Crippen molar-refractivity contribution in [1.29, 1.82) is 0 Å². The third-order valence-corrected chi connectivity index (χ3v) is 5.57. The van der Waals surface area contributed by atoms with E-state index in [1.54, 1.807) is 0 Å². The van der Waals surface area contributed by atoms with E-state index >= 15 is 0 Å². The Morgan fingerprint density at radius 3 is 2.47 bits per heavy atom. The average molecular weight is 259 g/mol. The highest BCUT2D eigenvalue weighted by molar-refractivity contribution is 7.84. The molecule has 1 fully saturated rings. The fourth-order valence-corrected chi connectivity index (χ4v) is 3.30. The van der Waals surface area contributed by atoms with Crippen molar-refractivity contribution in [3.63, 3.8) is 0 Å². The highest BCUT2D eigenvalue weighted by Crippen LogP contribution is 2.30. The Balaban J connectivity index is 2.31. The zero-order valence-corrected chi connectivity index (χ0v) is 12.7. The van der Waals surface area contributed by atoms with Gasteiger partial charge in [0.1, 0.15) is 0 Å². The van der Waals surface area contributed by atoms with E-state index in [0.717, 1.165) is 24.8 Å². The van der Waals surface area contributed by atoms with E-state index in [0.29, 0.717) is 11.3 Å². The van der Waals surface area contributed by atoms with Crippen LogP contribution in [0.25, 0.3) is 0 Å². The smallest absolute Gasteiger partial charge is 0.0329 e. The molecule has 4 unspecified atom stereocenters. The molecule has 0 aromatic rings. The van der Waals surface area contributed by atoms with E-state index in [-0.39, 0.29) is 0 Å². The molecule has 0 bridgehead atoms. The first-order valence-corrected chi connectivity index (χ1v) is 8.70. The van der Waals surface area contributed by atoms with E-state index in [1.165, 1.54) is 25.7 Å². The Morgan fingerprint density at radius 1 is 1.24 bits per heavy atom. The molecule has 0 radical (unpaired) electrons. The summed E-state index contributed by atoms with van der Waals surface area (Å²) >= 11 is 0. The molecule has 17 heavy (non-hydrogen) atoms. The van der Waals surface area contributed by atoms with Crippen LogP contribution in [0.2, 0.25) is 0 Å². The first kappa shape index (κ1) is 15.2. The molecule has 0 aromatic heterocycles. The van der Waals surface area contributed by atoms with Gasteiger partial charge in [0.2, 0.25) is 0 Å². The van der Waals surface area contributed by atoms with Crippen LogP contribution in [-0.4, -0.2) is 28.3 Å². The maximum Gasteiger partial charge on any atom is 0.0329 e. The predicted molar refractivity (Wildman–Crippen MR) is 76.7 cm³/mol. The van der Waals surface area contributed by atoms with E-state index in [2.05, 4.69) is 26.1 Å².